The van der Waals surface area contributed by atoms with Crippen LogP contribution in [0.3, 0.4) is 0 Å². The largest absolute Gasteiger partial charge is 0.438 e. The lowest BCUT2D eigenvalue weighted by molar-refractivity contribution is 0.0955. The number of rotatable bonds is 5. The molecule has 148 valence electrons. The summed E-state index contributed by atoms with van der Waals surface area (Å²) < 4.78 is 6.03. The summed E-state index contributed by atoms with van der Waals surface area (Å²) in [6, 6.07) is 18.9. The summed E-state index contributed by atoms with van der Waals surface area (Å²) in [4.78, 5) is 20.8. The van der Waals surface area contributed by atoms with E-state index in [9.17, 15) is 4.79 Å². The van der Waals surface area contributed by atoms with Crippen LogP contribution in [0.15, 0.2) is 78.2 Å². The van der Waals surface area contributed by atoms with E-state index in [1.807, 2.05) is 62.4 Å². The third-order valence-corrected chi connectivity index (χ3v) is 4.51. The van der Waals surface area contributed by atoms with Gasteiger partial charge in [-0.05, 0) is 55.8 Å². The number of hydrogen-bond donors (Lipinski definition) is 1. The van der Waals surface area contributed by atoms with E-state index in [4.69, 9.17) is 4.74 Å². The highest BCUT2D eigenvalue weighted by Gasteiger charge is 2.09. The number of benzene rings is 2. The molecule has 0 radical (unpaired) electrons. The molecule has 2 heterocycles. The van der Waals surface area contributed by atoms with Gasteiger partial charge in [0.25, 0.3) is 5.91 Å². The molecule has 0 aliphatic heterocycles. The van der Waals surface area contributed by atoms with Crippen LogP contribution in [-0.2, 0) is 0 Å². The molecular formula is C24H20N4O2. The molecule has 1 N–H and O–H groups in total. The Morgan fingerprint density at radius 2 is 1.70 bits per heavy atom. The van der Waals surface area contributed by atoms with Crippen LogP contribution in [-0.4, -0.2) is 22.1 Å². The maximum absolute atomic E-state index is 12.2. The van der Waals surface area contributed by atoms with E-state index >= 15 is 0 Å². The molecule has 0 aliphatic carbocycles. The van der Waals surface area contributed by atoms with Crippen molar-refractivity contribution >= 4 is 23.0 Å². The van der Waals surface area contributed by atoms with Gasteiger partial charge in [0, 0.05) is 23.3 Å². The lowest BCUT2D eigenvalue weighted by Gasteiger charge is -2.10. The van der Waals surface area contributed by atoms with Gasteiger partial charge in [-0.25, -0.2) is 10.4 Å². The minimum Gasteiger partial charge on any atom is -0.438 e. The average molecular weight is 396 g/mol. The molecule has 0 spiro atoms. The Kier molecular flexibility index (Phi) is 5.48. The lowest BCUT2D eigenvalue weighted by atomic mass is 10.1. The Bertz CT molecular complexity index is 1220. The van der Waals surface area contributed by atoms with Gasteiger partial charge in [-0.1, -0.05) is 29.8 Å². The van der Waals surface area contributed by atoms with Crippen LogP contribution in [0.25, 0.3) is 10.9 Å². The van der Waals surface area contributed by atoms with Crippen molar-refractivity contribution in [3.8, 4) is 11.6 Å². The molecule has 6 nitrogen and oxygen atoms in total. The van der Waals surface area contributed by atoms with Crippen LogP contribution in [0.2, 0.25) is 0 Å². The molecule has 0 unspecified atom stereocenters. The maximum atomic E-state index is 12.2. The predicted molar refractivity (Wildman–Crippen MR) is 117 cm³/mol. The molecule has 2 aromatic heterocycles. The zero-order chi connectivity index (χ0) is 20.9. The maximum Gasteiger partial charge on any atom is 0.271 e. The summed E-state index contributed by atoms with van der Waals surface area (Å²) in [5.74, 6) is 0.772. The first-order valence-corrected chi connectivity index (χ1v) is 9.48. The SMILES string of the molecule is Cc1ccc(Oc2nc3cc(C)ccc3cc2/C=N/NC(=O)c2ccncc2)cc1. The summed E-state index contributed by atoms with van der Waals surface area (Å²) in [7, 11) is 0. The van der Waals surface area contributed by atoms with Gasteiger partial charge in [0.1, 0.15) is 5.75 Å². The van der Waals surface area contributed by atoms with E-state index in [1.165, 1.54) is 6.21 Å². The van der Waals surface area contributed by atoms with Gasteiger partial charge in [-0.2, -0.15) is 5.10 Å². The fraction of sp³-hybridized carbons (Fsp3) is 0.0833. The highest BCUT2D eigenvalue weighted by molar-refractivity contribution is 5.95. The number of ether oxygens (including phenoxy) is 1. The van der Waals surface area contributed by atoms with Crippen LogP contribution in [0.5, 0.6) is 11.6 Å². The van der Waals surface area contributed by atoms with Gasteiger partial charge in [0.2, 0.25) is 5.88 Å². The predicted octanol–water partition coefficient (Wildman–Crippen LogP) is 4.80. The topological polar surface area (TPSA) is 76.5 Å². The first kappa shape index (κ1) is 19.3. The number of aromatic nitrogens is 2. The molecule has 6 heteroatoms. The molecule has 2 aromatic carbocycles. The minimum atomic E-state index is -0.320. The van der Waals surface area contributed by atoms with Crippen LogP contribution < -0.4 is 10.2 Å². The Labute approximate surface area is 174 Å². The van der Waals surface area contributed by atoms with E-state index < -0.39 is 0 Å². The zero-order valence-electron chi connectivity index (χ0n) is 16.7. The Morgan fingerprint density at radius 3 is 2.47 bits per heavy atom. The molecule has 30 heavy (non-hydrogen) atoms. The number of pyridine rings is 2. The van der Waals surface area contributed by atoms with Gasteiger partial charge in [-0.3, -0.25) is 9.78 Å². The van der Waals surface area contributed by atoms with Gasteiger partial charge in [-0.15, -0.1) is 0 Å². The van der Waals surface area contributed by atoms with Crippen LogP contribution in [0, 0.1) is 13.8 Å². The van der Waals surface area contributed by atoms with E-state index in [-0.39, 0.29) is 5.91 Å². The minimum absolute atomic E-state index is 0.320. The number of fused-ring (bicyclic) bond motifs is 1. The van der Waals surface area contributed by atoms with E-state index in [1.54, 1.807) is 24.5 Å². The number of nitrogens with one attached hydrogen (secondary N) is 1. The first-order chi connectivity index (χ1) is 14.6. The average Bonchev–Trinajstić information content (AvgIpc) is 2.76. The van der Waals surface area contributed by atoms with Crippen molar-refractivity contribution in [2.45, 2.75) is 13.8 Å². The number of carbonyl (C=O) groups excluding carboxylic acids is 1. The van der Waals surface area contributed by atoms with Gasteiger partial charge < -0.3 is 4.74 Å². The van der Waals surface area contributed by atoms with Gasteiger partial charge in [0.15, 0.2) is 0 Å². The van der Waals surface area contributed by atoms with E-state index in [0.29, 0.717) is 22.8 Å². The Balaban J connectivity index is 1.65. The Morgan fingerprint density at radius 1 is 0.967 bits per heavy atom. The fourth-order valence-electron chi connectivity index (χ4n) is 2.90. The fourth-order valence-corrected chi connectivity index (χ4v) is 2.90. The third-order valence-electron chi connectivity index (χ3n) is 4.51. The standard InChI is InChI=1S/C24H20N4O2/c1-16-4-7-21(8-5-16)30-24-20(14-19-6-3-17(2)13-22(19)27-24)15-26-28-23(29)18-9-11-25-12-10-18/h3-15H,1-2H3,(H,28,29)/b26-15+. The first-order valence-electron chi connectivity index (χ1n) is 9.48. The number of aryl methyl sites for hydroxylation is 2. The third kappa shape index (κ3) is 4.50. The normalized spacial score (nSPS) is 11.0. The van der Waals surface area contributed by atoms with Crippen LogP contribution in [0.4, 0.5) is 0 Å². The van der Waals surface area contributed by atoms with Crippen molar-refractivity contribution < 1.29 is 9.53 Å². The van der Waals surface area contributed by atoms with Crippen molar-refractivity contribution in [3.05, 3.63) is 95.3 Å². The van der Waals surface area contributed by atoms with Crippen molar-refractivity contribution in [2.75, 3.05) is 0 Å². The molecule has 0 saturated heterocycles. The molecule has 0 fully saturated rings. The Hall–Kier alpha value is -4.06. The zero-order valence-corrected chi connectivity index (χ0v) is 16.7. The van der Waals surface area contributed by atoms with Crippen molar-refractivity contribution in [3.63, 3.8) is 0 Å². The summed E-state index contributed by atoms with van der Waals surface area (Å²) >= 11 is 0. The van der Waals surface area contributed by atoms with Crippen molar-refractivity contribution in [1.29, 1.82) is 0 Å². The number of hydrogen-bond acceptors (Lipinski definition) is 5. The second-order valence-electron chi connectivity index (χ2n) is 6.93. The number of nitrogens with zero attached hydrogens (tertiary/aromatic N) is 3. The lowest BCUT2D eigenvalue weighted by Crippen LogP contribution is -2.17. The van der Waals surface area contributed by atoms with Gasteiger partial charge >= 0.3 is 0 Å². The monoisotopic (exact) mass is 396 g/mol. The highest BCUT2D eigenvalue weighted by atomic mass is 16.5. The molecule has 0 atom stereocenters. The van der Waals surface area contributed by atoms with Crippen molar-refractivity contribution in [2.24, 2.45) is 5.10 Å². The molecular weight excluding hydrogens is 376 g/mol. The molecule has 0 aliphatic rings. The van der Waals surface area contributed by atoms with E-state index in [2.05, 4.69) is 20.5 Å². The summed E-state index contributed by atoms with van der Waals surface area (Å²) in [6.07, 6.45) is 4.65. The number of amides is 1. The molecule has 4 rings (SSSR count). The van der Waals surface area contributed by atoms with Crippen LogP contribution in [0.1, 0.15) is 27.0 Å². The molecule has 1 amide bonds. The van der Waals surface area contributed by atoms with Crippen LogP contribution >= 0.6 is 0 Å². The molecule has 0 bridgehead atoms. The highest BCUT2D eigenvalue weighted by Crippen LogP contribution is 2.27. The second-order valence-corrected chi connectivity index (χ2v) is 6.93. The van der Waals surface area contributed by atoms with Crippen molar-refractivity contribution in [1.82, 2.24) is 15.4 Å². The van der Waals surface area contributed by atoms with Gasteiger partial charge in [0.05, 0.1) is 17.3 Å². The summed E-state index contributed by atoms with van der Waals surface area (Å²) in [6.45, 7) is 4.04. The quantitative estimate of drug-likeness (QED) is 0.388. The number of hydrazone groups is 1. The molecule has 4 aromatic rings. The smallest absolute Gasteiger partial charge is 0.271 e. The number of carbonyl (C=O) groups is 1. The molecule has 0 saturated carbocycles. The summed E-state index contributed by atoms with van der Waals surface area (Å²) in [5, 5.41) is 5.05. The van der Waals surface area contributed by atoms with E-state index in [0.717, 1.165) is 22.0 Å². The summed E-state index contributed by atoms with van der Waals surface area (Å²) in [5.41, 5.74) is 6.74. The second kappa shape index (κ2) is 8.53.